The molecular formula is C11H16N6S. The van der Waals surface area contributed by atoms with E-state index in [2.05, 4.69) is 25.6 Å². The molecule has 1 aromatic rings. The quantitative estimate of drug-likeness (QED) is 0.267. The smallest absolute Gasteiger partial charge is 0.204 e. The van der Waals surface area contributed by atoms with Gasteiger partial charge in [0, 0.05) is 30.9 Å². The highest BCUT2D eigenvalue weighted by atomic mass is 32.2. The highest BCUT2D eigenvalue weighted by Gasteiger charge is 1.96. The standard InChI is InChI=1S/C11H16N6S/c1-9-5-16-10(6-15-9)7-18-4-3-14-11(13-2)17-8-12/h5-6H,3-4,7H2,1-2H3,(H2,13,14,17). The lowest BCUT2D eigenvalue weighted by molar-refractivity contribution is 1.01. The molecule has 1 rings (SSSR count). The number of thioether (sulfide) groups is 1. The normalized spacial score (nSPS) is 10.8. The van der Waals surface area contributed by atoms with Gasteiger partial charge in [-0.3, -0.25) is 20.3 Å². The van der Waals surface area contributed by atoms with Crippen LogP contribution in [-0.2, 0) is 5.75 Å². The van der Waals surface area contributed by atoms with Crippen LogP contribution >= 0.6 is 11.8 Å². The van der Waals surface area contributed by atoms with Crippen molar-refractivity contribution < 1.29 is 0 Å². The molecule has 0 amide bonds. The molecule has 2 N–H and O–H groups in total. The number of nitrogens with one attached hydrogen (secondary N) is 2. The van der Waals surface area contributed by atoms with Crippen LogP contribution in [0.5, 0.6) is 0 Å². The number of hydrogen-bond donors (Lipinski definition) is 2. The van der Waals surface area contributed by atoms with Crippen LogP contribution in [0, 0.1) is 18.4 Å². The predicted octanol–water partition coefficient (Wildman–Crippen LogP) is 0.664. The number of nitriles is 1. The zero-order chi connectivity index (χ0) is 13.2. The molecule has 0 aliphatic rings. The molecule has 1 aromatic heterocycles. The van der Waals surface area contributed by atoms with E-state index < -0.39 is 0 Å². The fraction of sp³-hybridized carbons (Fsp3) is 0.455. The van der Waals surface area contributed by atoms with Gasteiger partial charge < -0.3 is 5.32 Å². The third-order valence-corrected chi connectivity index (χ3v) is 2.97. The van der Waals surface area contributed by atoms with Crippen molar-refractivity contribution in [1.29, 1.82) is 5.26 Å². The van der Waals surface area contributed by atoms with Gasteiger partial charge in [0.05, 0.1) is 17.9 Å². The molecule has 18 heavy (non-hydrogen) atoms. The van der Waals surface area contributed by atoms with Crippen LogP contribution in [0.15, 0.2) is 17.4 Å². The van der Waals surface area contributed by atoms with Crippen molar-refractivity contribution >= 4 is 17.7 Å². The molecular weight excluding hydrogens is 248 g/mol. The average molecular weight is 264 g/mol. The summed E-state index contributed by atoms with van der Waals surface area (Å²) < 4.78 is 0. The third-order valence-electron chi connectivity index (χ3n) is 2.00. The van der Waals surface area contributed by atoms with Crippen molar-refractivity contribution in [2.75, 3.05) is 19.3 Å². The van der Waals surface area contributed by atoms with Crippen LogP contribution in [-0.4, -0.2) is 35.3 Å². The molecule has 0 saturated heterocycles. The molecule has 0 atom stereocenters. The third kappa shape index (κ3) is 5.50. The molecule has 0 radical (unpaired) electrons. The first-order valence-electron chi connectivity index (χ1n) is 5.49. The lowest BCUT2D eigenvalue weighted by atomic mass is 10.4. The summed E-state index contributed by atoms with van der Waals surface area (Å²) in [5, 5.41) is 13.7. The summed E-state index contributed by atoms with van der Waals surface area (Å²) >= 11 is 1.73. The van der Waals surface area contributed by atoms with Crippen LogP contribution in [0.2, 0.25) is 0 Å². The highest BCUT2D eigenvalue weighted by Crippen LogP contribution is 2.08. The highest BCUT2D eigenvalue weighted by molar-refractivity contribution is 7.98. The summed E-state index contributed by atoms with van der Waals surface area (Å²) in [5.74, 6) is 2.19. The van der Waals surface area contributed by atoms with Gasteiger partial charge in [0.15, 0.2) is 6.19 Å². The van der Waals surface area contributed by atoms with Crippen molar-refractivity contribution in [1.82, 2.24) is 20.6 Å². The van der Waals surface area contributed by atoms with Crippen molar-refractivity contribution in [3.05, 3.63) is 23.8 Å². The number of aliphatic imine (C=N–C) groups is 1. The van der Waals surface area contributed by atoms with Crippen molar-refractivity contribution in [2.24, 2.45) is 4.99 Å². The summed E-state index contributed by atoms with van der Waals surface area (Å²) in [6.45, 7) is 2.56. The maximum absolute atomic E-state index is 8.44. The predicted molar refractivity (Wildman–Crippen MR) is 73.0 cm³/mol. The Hall–Kier alpha value is -1.81. The number of aromatic nitrogens is 2. The van der Waals surface area contributed by atoms with E-state index in [9.17, 15) is 0 Å². The van der Waals surface area contributed by atoms with Gasteiger partial charge in [0.1, 0.15) is 0 Å². The minimum Gasteiger partial charge on any atom is -0.359 e. The molecule has 1 heterocycles. The Labute approximate surface area is 111 Å². The summed E-state index contributed by atoms with van der Waals surface area (Å²) in [5.41, 5.74) is 1.90. The Kier molecular flexibility index (Phi) is 6.58. The summed E-state index contributed by atoms with van der Waals surface area (Å²) in [4.78, 5) is 12.6. The van der Waals surface area contributed by atoms with E-state index in [1.807, 2.05) is 13.1 Å². The van der Waals surface area contributed by atoms with Gasteiger partial charge in [-0.05, 0) is 6.92 Å². The van der Waals surface area contributed by atoms with E-state index in [-0.39, 0.29) is 0 Å². The summed E-state index contributed by atoms with van der Waals surface area (Å²) in [6, 6.07) is 0. The summed E-state index contributed by atoms with van der Waals surface area (Å²) in [7, 11) is 1.72. The Balaban J connectivity index is 2.22. The molecule has 0 bridgehead atoms. The largest absolute Gasteiger partial charge is 0.359 e. The molecule has 0 aliphatic carbocycles. The Morgan fingerprint density at radius 2 is 2.33 bits per heavy atom. The number of hydrogen-bond acceptors (Lipinski definition) is 5. The van der Waals surface area contributed by atoms with Gasteiger partial charge in [0.25, 0.3) is 0 Å². The van der Waals surface area contributed by atoms with Crippen molar-refractivity contribution in [3.63, 3.8) is 0 Å². The van der Waals surface area contributed by atoms with E-state index in [4.69, 9.17) is 5.26 Å². The van der Waals surface area contributed by atoms with E-state index in [0.29, 0.717) is 12.5 Å². The fourth-order valence-electron chi connectivity index (χ4n) is 1.13. The lowest BCUT2D eigenvalue weighted by Gasteiger charge is -2.02. The zero-order valence-electron chi connectivity index (χ0n) is 10.5. The molecule has 7 heteroatoms. The van der Waals surface area contributed by atoms with Gasteiger partial charge in [-0.25, -0.2) is 0 Å². The van der Waals surface area contributed by atoms with Crippen LogP contribution < -0.4 is 10.6 Å². The van der Waals surface area contributed by atoms with Gasteiger partial charge in [-0.2, -0.15) is 17.0 Å². The first-order valence-corrected chi connectivity index (χ1v) is 6.64. The minimum absolute atomic E-state index is 0.494. The Morgan fingerprint density at radius 3 is 2.94 bits per heavy atom. The van der Waals surface area contributed by atoms with Crippen LogP contribution in [0.3, 0.4) is 0 Å². The Morgan fingerprint density at radius 1 is 1.50 bits per heavy atom. The van der Waals surface area contributed by atoms with Gasteiger partial charge >= 0.3 is 0 Å². The number of guanidine groups is 1. The maximum atomic E-state index is 8.44. The van der Waals surface area contributed by atoms with Crippen molar-refractivity contribution in [2.45, 2.75) is 12.7 Å². The minimum atomic E-state index is 0.494. The Bertz CT molecular complexity index is 422. The number of nitrogens with zero attached hydrogens (tertiary/aromatic N) is 4. The zero-order valence-corrected chi connectivity index (χ0v) is 11.3. The molecule has 0 aliphatic heterocycles. The van der Waals surface area contributed by atoms with E-state index >= 15 is 0 Å². The second kappa shape index (κ2) is 8.31. The van der Waals surface area contributed by atoms with Gasteiger partial charge in [-0.1, -0.05) is 0 Å². The van der Waals surface area contributed by atoms with Gasteiger partial charge in [-0.15, -0.1) is 0 Å². The topological polar surface area (TPSA) is 86.0 Å². The number of rotatable bonds is 5. The van der Waals surface area contributed by atoms with E-state index in [0.717, 1.165) is 22.9 Å². The average Bonchev–Trinajstić information content (AvgIpc) is 2.39. The summed E-state index contributed by atoms with van der Waals surface area (Å²) in [6.07, 6.45) is 5.38. The first-order chi connectivity index (χ1) is 8.76. The second-order valence-electron chi connectivity index (χ2n) is 3.42. The van der Waals surface area contributed by atoms with Crippen molar-refractivity contribution in [3.8, 4) is 6.19 Å². The SMILES string of the molecule is CN/C(=N/CCSCc1cnc(C)cn1)NC#N. The molecule has 0 unspecified atom stereocenters. The van der Waals surface area contributed by atoms with E-state index in [1.165, 1.54) is 0 Å². The van der Waals surface area contributed by atoms with Gasteiger partial charge in [0.2, 0.25) is 5.96 Å². The monoisotopic (exact) mass is 264 g/mol. The molecule has 96 valence electrons. The molecule has 0 spiro atoms. The molecule has 0 fully saturated rings. The lowest BCUT2D eigenvalue weighted by Crippen LogP contribution is -2.31. The fourth-order valence-corrected chi connectivity index (χ4v) is 1.85. The number of aryl methyl sites for hydroxylation is 1. The second-order valence-corrected chi connectivity index (χ2v) is 4.52. The molecule has 0 aromatic carbocycles. The van der Waals surface area contributed by atoms with Crippen LogP contribution in [0.4, 0.5) is 0 Å². The maximum Gasteiger partial charge on any atom is 0.204 e. The first kappa shape index (κ1) is 14.3. The van der Waals surface area contributed by atoms with Crippen LogP contribution in [0.25, 0.3) is 0 Å². The molecule has 0 saturated carbocycles. The van der Waals surface area contributed by atoms with E-state index in [1.54, 1.807) is 31.2 Å². The van der Waals surface area contributed by atoms with Crippen LogP contribution in [0.1, 0.15) is 11.4 Å². The molecule has 6 nitrogen and oxygen atoms in total.